The molecule has 0 aliphatic carbocycles. The molecule has 25 heavy (non-hydrogen) atoms. The number of amides is 1. The van der Waals surface area contributed by atoms with Crippen LogP contribution < -0.4 is 0 Å². The average Bonchev–Trinajstić information content (AvgIpc) is 3.31. The van der Waals surface area contributed by atoms with Gasteiger partial charge in [-0.05, 0) is 36.1 Å². The van der Waals surface area contributed by atoms with E-state index >= 15 is 0 Å². The van der Waals surface area contributed by atoms with Crippen molar-refractivity contribution in [2.24, 2.45) is 5.92 Å². The van der Waals surface area contributed by atoms with Gasteiger partial charge in [0.1, 0.15) is 0 Å². The summed E-state index contributed by atoms with van der Waals surface area (Å²) in [6, 6.07) is 6.14. The summed E-state index contributed by atoms with van der Waals surface area (Å²) in [6.07, 6.45) is 5.40. The number of hydrogen-bond donors (Lipinski definition) is 0. The molecule has 4 heterocycles. The molecular formula is C19H22N2O3S. The standard InChI is InChI=1S/C19H22N2O3S/c22-19(15-4-7-23-12-15)21-6-3-18-16(10-21)8-17(25-18)13-24-11-14-2-1-5-20-9-14/h1-2,5,8-9,15H,3-4,6-7,10-13H2. The second-order valence-electron chi connectivity index (χ2n) is 6.59. The first-order valence-corrected chi connectivity index (χ1v) is 9.55. The summed E-state index contributed by atoms with van der Waals surface area (Å²) in [7, 11) is 0. The highest BCUT2D eigenvalue weighted by Crippen LogP contribution is 2.30. The summed E-state index contributed by atoms with van der Waals surface area (Å²) < 4.78 is 11.2. The summed E-state index contributed by atoms with van der Waals surface area (Å²) in [5.74, 6) is 0.311. The Balaban J connectivity index is 1.33. The molecule has 1 unspecified atom stereocenters. The van der Waals surface area contributed by atoms with Crippen molar-refractivity contribution in [2.75, 3.05) is 19.8 Å². The molecule has 2 aromatic heterocycles. The fourth-order valence-electron chi connectivity index (χ4n) is 3.39. The minimum absolute atomic E-state index is 0.0578. The molecule has 1 saturated heterocycles. The minimum Gasteiger partial charge on any atom is -0.381 e. The van der Waals surface area contributed by atoms with Crippen LogP contribution in [0.3, 0.4) is 0 Å². The van der Waals surface area contributed by atoms with E-state index in [1.807, 2.05) is 34.6 Å². The van der Waals surface area contributed by atoms with Gasteiger partial charge >= 0.3 is 0 Å². The zero-order chi connectivity index (χ0) is 17.1. The van der Waals surface area contributed by atoms with Gasteiger partial charge in [0, 0.05) is 41.8 Å². The van der Waals surface area contributed by atoms with Gasteiger partial charge < -0.3 is 14.4 Å². The smallest absolute Gasteiger partial charge is 0.228 e. The summed E-state index contributed by atoms with van der Waals surface area (Å²) in [5, 5.41) is 0. The van der Waals surface area contributed by atoms with Crippen LogP contribution >= 0.6 is 11.3 Å². The van der Waals surface area contributed by atoms with E-state index in [2.05, 4.69) is 11.1 Å². The molecule has 0 spiro atoms. The number of fused-ring (bicyclic) bond motifs is 1. The van der Waals surface area contributed by atoms with E-state index in [1.165, 1.54) is 15.3 Å². The number of ether oxygens (including phenoxy) is 2. The van der Waals surface area contributed by atoms with E-state index in [9.17, 15) is 4.79 Å². The SMILES string of the molecule is O=C(C1CCOC1)N1CCc2sc(COCc3cccnc3)cc2C1. The molecule has 2 aromatic rings. The van der Waals surface area contributed by atoms with Gasteiger partial charge in [0.05, 0.1) is 25.7 Å². The van der Waals surface area contributed by atoms with E-state index in [1.54, 1.807) is 6.20 Å². The predicted octanol–water partition coefficient (Wildman–Crippen LogP) is 2.78. The molecule has 0 saturated carbocycles. The van der Waals surface area contributed by atoms with Gasteiger partial charge in [0.25, 0.3) is 0 Å². The number of carbonyl (C=O) groups excluding carboxylic acids is 1. The lowest BCUT2D eigenvalue weighted by Crippen LogP contribution is -2.39. The zero-order valence-electron chi connectivity index (χ0n) is 14.1. The van der Waals surface area contributed by atoms with E-state index in [-0.39, 0.29) is 11.8 Å². The van der Waals surface area contributed by atoms with Gasteiger partial charge in [-0.25, -0.2) is 0 Å². The number of carbonyl (C=O) groups is 1. The molecule has 6 heteroatoms. The molecule has 4 rings (SSSR count). The quantitative estimate of drug-likeness (QED) is 0.825. The van der Waals surface area contributed by atoms with Crippen molar-refractivity contribution in [3.63, 3.8) is 0 Å². The van der Waals surface area contributed by atoms with Gasteiger partial charge in [-0.15, -0.1) is 11.3 Å². The molecule has 0 bridgehead atoms. The monoisotopic (exact) mass is 358 g/mol. The molecule has 1 amide bonds. The maximum absolute atomic E-state index is 12.6. The number of thiophene rings is 1. The first kappa shape index (κ1) is 16.7. The highest BCUT2D eigenvalue weighted by atomic mass is 32.1. The molecule has 132 valence electrons. The van der Waals surface area contributed by atoms with Crippen LogP contribution in [0.2, 0.25) is 0 Å². The number of nitrogens with zero attached hydrogens (tertiary/aromatic N) is 2. The average molecular weight is 358 g/mol. The zero-order valence-corrected chi connectivity index (χ0v) is 15.0. The predicted molar refractivity (Wildman–Crippen MR) is 95.1 cm³/mol. The highest BCUT2D eigenvalue weighted by molar-refractivity contribution is 7.12. The Morgan fingerprint density at radius 3 is 3.20 bits per heavy atom. The van der Waals surface area contributed by atoms with Crippen molar-refractivity contribution in [1.82, 2.24) is 9.88 Å². The molecule has 0 radical (unpaired) electrons. The topological polar surface area (TPSA) is 51.7 Å². The Bertz CT molecular complexity index is 726. The summed E-state index contributed by atoms with van der Waals surface area (Å²) in [4.78, 5) is 21.3. The minimum atomic E-state index is 0.0578. The largest absolute Gasteiger partial charge is 0.381 e. The Hall–Kier alpha value is -1.76. The number of aromatic nitrogens is 1. The van der Waals surface area contributed by atoms with Crippen LogP contribution in [-0.4, -0.2) is 35.5 Å². The third-order valence-corrected chi connectivity index (χ3v) is 5.95. The van der Waals surface area contributed by atoms with Crippen molar-refractivity contribution in [3.8, 4) is 0 Å². The third kappa shape index (κ3) is 3.92. The number of rotatable bonds is 5. The molecule has 0 N–H and O–H groups in total. The Morgan fingerprint density at radius 2 is 2.40 bits per heavy atom. The molecule has 1 atom stereocenters. The van der Waals surface area contributed by atoms with Crippen molar-refractivity contribution in [3.05, 3.63) is 51.5 Å². The van der Waals surface area contributed by atoms with Crippen molar-refractivity contribution in [1.29, 1.82) is 0 Å². The van der Waals surface area contributed by atoms with Crippen LogP contribution in [0.1, 0.15) is 27.3 Å². The van der Waals surface area contributed by atoms with Gasteiger partial charge in [-0.3, -0.25) is 9.78 Å². The van der Waals surface area contributed by atoms with Crippen LogP contribution in [-0.2, 0) is 40.4 Å². The van der Waals surface area contributed by atoms with E-state index in [0.29, 0.717) is 26.4 Å². The van der Waals surface area contributed by atoms with Crippen molar-refractivity contribution < 1.29 is 14.3 Å². The van der Waals surface area contributed by atoms with Gasteiger partial charge in [-0.1, -0.05) is 6.07 Å². The second-order valence-corrected chi connectivity index (χ2v) is 7.81. The second kappa shape index (κ2) is 7.64. The Labute approximate surface area is 151 Å². The lowest BCUT2D eigenvalue weighted by atomic mass is 10.0. The molecule has 1 fully saturated rings. The van der Waals surface area contributed by atoms with Crippen molar-refractivity contribution >= 4 is 17.2 Å². The van der Waals surface area contributed by atoms with Crippen LogP contribution in [0.4, 0.5) is 0 Å². The maximum atomic E-state index is 12.6. The summed E-state index contributed by atoms with van der Waals surface area (Å²) in [5.41, 5.74) is 2.36. The third-order valence-electron chi connectivity index (χ3n) is 4.74. The van der Waals surface area contributed by atoms with Crippen LogP contribution in [0, 0.1) is 5.92 Å². The van der Waals surface area contributed by atoms with Crippen molar-refractivity contribution in [2.45, 2.75) is 32.6 Å². The molecule has 2 aliphatic heterocycles. The van der Waals surface area contributed by atoms with E-state index < -0.39 is 0 Å². The normalized spacial score (nSPS) is 19.8. The fraction of sp³-hybridized carbons (Fsp3) is 0.474. The maximum Gasteiger partial charge on any atom is 0.228 e. The molecule has 2 aliphatic rings. The first-order valence-electron chi connectivity index (χ1n) is 8.73. The highest BCUT2D eigenvalue weighted by Gasteiger charge is 2.30. The lowest BCUT2D eigenvalue weighted by molar-refractivity contribution is -0.136. The van der Waals surface area contributed by atoms with E-state index in [4.69, 9.17) is 9.47 Å². The Morgan fingerprint density at radius 1 is 1.44 bits per heavy atom. The van der Waals surface area contributed by atoms with Gasteiger partial charge in [-0.2, -0.15) is 0 Å². The molecule has 0 aromatic carbocycles. The van der Waals surface area contributed by atoms with Crippen LogP contribution in [0.5, 0.6) is 0 Å². The van der Waals surface area contributed by atoms with Gasteiger partial charge in [0.2, 0.25) is 5.91 Å². The lowest BCUT2D eigenvalue weighted by Gasteiger charge is -2.28. The summed E-state index contributed by atoms with van der Waals surface area (Å²) in [6.45, 7) is 4.02. The molecular weight excluding hydrogens is 336 g/mol. The first-order chi connectivity index (χ1) is 12.3. The summed E-state index contributed by atoms with van der Waals surface area (Å²) >= 11 is 1.81. The number of hydrogen-bond acceptors (Lipinski definition) is 5. The Kier molecular flexibility index (Phi) is 5.10. The van der Waals surface area contributed by atoms with Crippen LogP contribution in [0.15, 0.2) is 30.6 Å². The number of pyridine rings is 1. The van der Waals surface area contributed by atoms with E-state index in [0.717, 1.165) is 31.5 Å². The fourth-order valence-corrected chi connectivity index (χ4v) is 4.50. The van der Waals surface area contributed by atoms with Crippen LogP contribution in [0.25, 0.3) is 0 Å². The molecule has 5 nitrogen and oxygen atoms in total. The van der Waals surface area contributed by atoms with Gasteiger partial charge in [0.15, 0.2) is 0 Å².